The third-order valence-corrected chi connectivity index (χ3v) is 0.915. The van der Waals surface area contributed by atoms with Crippen LogP contribution in [0.25, 0.3) is 0 Å². The van der Waals surface area contributed by atoms with Gasteiger partial charge in [-0.15, -0.1) is 0 Å². The van der Waals surface area contributed by atoms with Crippen molar-refractivity contribution in [3.63, 3.8) is 0 Å². The first-order chi connectivity index (χ1) is 3.43. The number of aliphatic imine (C=N–C) groups is 1. The van der Waals surface area contributed by atoms with Crippen LogP contribution in [0.15, 0.2) is 4.99 Å². The fraction of sp³-hybridized carbons (Fsp3) is 0.750. The Morgan fingerprint density at radius 1 is 1.86 bits per heavy atom. The molecule has 7 heavy (non-hydrogen) atoms. The molecule has 0 aliphatic carbocycles. The number of alkyl halides is 1. The van der Waals surface area contributed by atoms with Gasteiger partial charge in [0.1, 0.15) is 0 Å². The van der Waals surface area contributed by atoms with E-state index in [4.69, 9.17) is 0 Å². The second kappa shape index (κ2) is 1.91. The molecule has 1 rings (SSSR count). The molecule has 0 N–H and O–H groups in total. The van der Waals surface area contributed by atoms with E-state index >= 15 is 0 Å². The maximum atomic E-state index is 11.5. The van der Waals surface area contributed by atoms with Crippen LogP contribution in [0, 0.1) is 0 Å². The summed E-state index contributed by atoms with van der Waals surface area (Å²) in [6, 6.07) is 0. The summed E-state index contributed by atoms with van der Waals surface area (Å²) in [5.74, 6) is 0. The number of halogens is 1. The van der Waals surface area contributed by atoms with Crippen molar-refractivity contribution in [1.29, 1.82) is 0 Å². The van der Waals surface area contributed by atoms with Gasteiger partial charge in [0.2, 0.25) is 0 Å². The molecule has 2 nitrogen and oxygen atoms in total. The molecule has 0 aromatic heterocycles. The predicted molar refractivity (Wildman–Crippen MR) is 26.0 cm³/mol. The molecule has 0 radical (unpaired) electrons. The monoisotopic (exact) mass is 102 g/mol. The molecule has 0 unspecified atom stereocenters. The van der Waals surface area contributed by atoms with Crippen molar-refractivity contribution in [2.45, 2.75) is 0 Å². The Morgan fingerprint density at radius 3 is 3.00 bits per heavy atom. The van der Waals surface area contributed by atoms with Gasteiger partial charge in [-0.25, -0.2) is 4.39 Å². The van der Waals surface area contributed by atoms with Gasteiger partial charge in [-0.3, -0.25) is 4.99 Å². The molecule has 0 fully saturated rings. The molecular weight excluding hydrogens is 95.1 g/mol. The van der Waals surface area contributed by atoms with Crippen LogP contribution in [0.3, 0.4) is 0 Å². The topological polar surface area (TPSA) is 15.6 Å². The van der Waals surface area contributed by atoms with Crippen LogP contribution >= 0.6 is 0 Å². The van der Waals surface area contributed by atoms with Crippen LogP contribution in [0.5, 0.6) is 0 Å². The summed E-state index contributed by atoms with van der Waals surface area (Å²) >= 11 is 0. The molecule has 1 aliphatic rings. The van der Waals surface area contributed by atoms with Gasteiger partial charge in [-0.1, -0.05) is 0 Å². The van der Waals surface area contributed by atoms with Gasteiger partial charge in [-0.05, 0) is 0 Å². The lowest BCUT2D eigenvalue weighted by molar-refractivity contribution is 0.305. The molecule has 1 aliphatic heterocycles. The van der Waals surface area contributed by atoms with E-state index in [0.717, 1.165) is 13.1 Å². The van der Waals surface area contributed by atoms with Gasteiger partial charge in [-0.2, -0.15) is 0 Å². The molecular formula is C4H7FN2. The molecule has 0 saturated carbocycles. The van der Waals surface area contributed by atoms with Crippen molar-refractivity contribution in [2.75, 3.05) is 19.9 Å². The first-order valence-electron chi connectivity index (χ1n) is 2.23. The van der Waals surface area contributed by atoms with E-state index in [1.165, 1.54) is 4.90 Å². The lowest BCUT2D eigenvalue weighted by atomic mass is 10.6. The minimum atomic E-state index is -0.399. The average Bonchev–Trinajstić information content (AvgIpc) is 2.14. The van der Waals surface area contributed by atoms with E-state index in [0.29, 0.717) is 0 Å². The summed E-state index contributed by atoms with van der Waals surface area (Å²) in [4.78, 5) is 5.32. The van der Waals surface area contributed by atoms with E-state index in [2.05, 4.69) is 4.99 Å². The van der Waals surface area contributed by atoms with Crippen LogP contribution < -0.4 is 0 Å². The Hall–Kier alpha value is -0.600. The second-order valence-electron chi connectivity index (χ2n) is 1.45. The summed E-state index contributed by atoms with van der Waals surface area (Å²) in [7, 11) is 0. The average molecular weight is 102 g/mol. The predicted octanol–water partition coefficient (Wildman–Crippen LogP) is 0.257. The van der Waals surface area contributed by atoms with Crippen molar-refractivity contribution < 1.29 is 4.39 Å². The van der Waals surface area contributed by atoms with E-state index in [-0.39, 0.29) is 0 Å². The Bertz CT molecular complexity index is 81.8. The normalized spacial score (nSPS) is 18.7. The first kappa shape index (κ1) is 4.56. The van der Waals surface area contributed by atoms with Crippen molar-refractivity contribution in [1.82, 2.24) is 4.90 Å². The van der Waals surface area contributed by atoms with Crippen molar-refractivity contribution in [2.24, 2.45) is 4.99 Å². The van der Waals surface area contributed by atoms with Gasteiger partial charge in [0.25, 0.3) is 0 Å². The van der Waals surface area contributed by atoms with E-state index < -0.39 is 6.80 Å². The minimum absolute atomic E-state index is 0.399. The highest BCUT2D eigenvalue weighted by molar-refractivity contribution is 5.56. The minimum Gasteiger partial charge on any atom is -0.334 e. The largest absolute Gasteiger partial charge is 0.334 e. The van der Waals surface area contributed by atoms with Crippen molar-refractivity contribution in [3.8, 4) is 0 Å². The van der Waals surface area contributed by atoms with Crippen LogP contribution in [0.4, 0.5) is 4.39 Å². The highest BCUT2D eigenvalue weighted by Gasteiger charge is 2.00. The number of nitrogens with zero attached hydrogens (tertiary/aromatic N) is 2. The third kappa shape index (κ3) is 0.885. The SMILES string of the molecule is FCN1C=NCC1. The van der Waals surface area contributed by atoms with Crippen LogP contribution in [0.1, 0.15) is 0 Å². The summed E-state index contributed by atoms with van der Waals surface area (Å²) in [5.41, 5.74) is 0. The second-order valence-corrected chi connectivity index (χ2v) is 1.45. The summed E-state index contributed by atoms with van der Waals surface area (Å²) < 4.78 is 11.5. The summed E-state index contributed by atoms with van der Waals surface area (Å²) in [6.07, 6.45) is 1.54. The fourth-order valence-electron chi connectivity index (χ4n) is 0.508. The lowest BCUT2D eigenvalue weighted by Crippen LogP contribution is -2.17. The zero-order valence-electron chi connectivity index (χ0n) is 3.97. The highest BCUT2D eigenvalue weighted by Crippen LogP contribution is 1.90. The molecule has 0 bridgehead atoms. The first-order valence-corrected chi connectivity index (χ1v) is 2.23. The van der Waals surface area contributed by atoms with E-state index in [9.17, 15) is 4.39 Å². The Kier molecular flexibility index (Phi) is 1.24. The highest BCUT2D eigenvalue weighted by atomic mass is 19.1. The Balaban J connectivity index is 2.28. The Morgan fingerprint density at radius 2 is 2.71 bits per heavy atom. The quantitative estimate of drug-likeness (QED) is 0.433. The van der Waals surface area contributed by atoms with Crippen molar-refractivity contribution >= 4 is 6.34 Å². The smallest absolute Gasteiger partial charge is 0.162 e. The molecule has 40 valence electrons. The number of hydrogen-bond donors (Lipinski definition) is 0. The Labute approximate surface area is 41.6 Å². The van der Waals surface area contributed by atoms with Crippen LogP contribution in [0.2, 0.25) is 0 Å². The number of rotatable bonds is 1. The molecule has 0 saturated heterocycles. The molecule has 0 amide bonds. The fourth-order valence-corrected chi connectivity index (χ4v) is 0.508. The van der Waals surface area contributed by atoms with Crippen LogP contribution in [-0.2, 0) is 0 Å². The van der Waals surface area contributed by atoms with Gasteiger partial charge >= 0.3 is 0 Å². The molecule has 0 atom stereocenters. The van der Waals surface area contributed by atoms with Gasteiger partial charge in [0, 0.05) is 6.54 Å². The van der Waals surface area contributed by atoms with Gasteiger partial charge in [0.15, 0.2) is 6.80 Å². The molecule has 0 aromatic carbocycles. The molecule has 3 heteroatoms. The molecule has 1 heterocycles. The standard InChI is InChI=1S/C4H7FN2/c5-3-7-2-1-6-4-7/h4H,1-3H2. The number of hydrogen-bond acceptors (Lipinski definition) is 2. The van der Waals surface area contributed by atoms with Gasteiger partial charge < -0.3 is 4.90 Å². The van der Waals surface area contributed by atoms with Crippen LogP contribution in [-0.4, -0.2) is 31.1 Å². The van der Waals surface area contributed by atoms with E-state index in [1.54, 1.807) is 6.34 Å². The van der Waals surface area contributed by atoms with Gasteiger partial charge in [0.05, 0.1) is 12.9 Å². The summed E-state index contributed by atoms with van der Waals surface area (Å²) in [5, 5.41) is 0. The third-order valence-electron chi connectivity index (χ3n) is 0.915. The van der Waals surface area contributed by atoms with E-state index in [1.807, 2.05) is 0 Å². The van der Waals surface area contributed by atoms with Crippen molar-refractivity contribution in [3.05, 3.63) is 0 Å². The zero-order valence-corrected chi connectivity index (χ0v) is 3.97. The molecule has 0 aromatic rings. The maximum absolute atomic E-state index is 11.5. The zero-order chi connectivity index (χ0) is 5.11. The molecule has 0 spiro atoms. The summed E-state index contributed by atoms with van der Waals surface area (Å²) in [6.45, 7) is 1.10. The lowest BCUT2D eigenvalue weighted by Gasteiger charge is -2.04. The maximum Gasteiger partial charge on any atom is 0.162 e.